The molecule has 1 unspecified atom stereocenters. The molecule has 0 spiro atoms. The van der Waals surface area contributed by atoms with E-state index in [0.717, 1.165) is 31.7 Å². The van der Waals surface area contributed by atoms with Gasteiger partial charge in [-0.05, 0) is 37.9 Å². The van der Waals surface area contributed by atoms with Crippen LogP contribution in [-0.2, 0) is 14.6 Å². The van der Waals surface area contributed by atoms with E-state index in [0.29, 0.717) is 13.0 Å². The summed E-state index contributed by atoms with van der Waals surface area (Å²) in [5, 5.41) is 20.2. The Labute approximate surface area is 164 Å². The molecular formula is C16H25ClN4O5S. The van der Waals surface area contributed by atoms with E-state index in [1.54, 1.807) is 0 Å². The summed E-state index contributed by atoms with van der Waals surface area (Å²) in [5.41, 5.74) is -0.633. The monoisotopic (exact) mass is 420 g/mol. The smallest absolute Gasteiger partial charge is 0.293 e. The Morgan fingerprint density at radius 1 is 1.37 bits per heavy atom. The maximum Gasteiger partial charge on any atom is 0.293 e. The van der Waals surface area contributed by atoms with Gasteiger partial charge in [0.05, 0.1) is 15.4 Å². The summed E-state index contributed by atoms with van der Waals surface area (Å²) < 4.78 is 23.1. The number of carbonyl (C=O) groups is 1. The number of carbonyl (C=O) groups excluding carboxylic acids is 1. The lowest BCUT2D eigenvalue weighted by Gasteiger charge is -2.26. The molecule has 1 amide bonds. The number of benzene rings is 1. The average molecular weight is 421 g/mol. The summed E-state index contributed by atoms with van der Waals surface area (Å²) in [4.78, 5) is 22.8. The Kier molecular flexibility index (Phi) is 8.00. The minimum atomic E-state index is -3.53. The van der Waals surface area contributed by atoms with Crippen molar-refractivity contribution in [2.75, 3.05) is 31.2 Å². The molecule has 1 aliphatic heterocycles. The fourth-order valence-electron chi connectivity index (χ4n) is 3.05. The van der Waals surface area contributed by atoms with Gasteiger partial charge < -0.3 is 16.0 Å². The molecule has 0 saturated carbocycles. The van der Waals surface area contributed by atoms with Gasteiger partial charge >= 0.3 is 0 Å². The van der Waals surface area contributed by atoms with Crippen molar-refractivity contribution in [3.05, 3.63) is 28.3 Å². The molecule has 0 aromatic heterocycles. The van der Waals surface area contributed by atoms with Gasteiger partial charge in [-0.2, -0.15) is 0 Å². The van der Waals surface area contributed by atoms with Crippen LogP contribution in [0.15, 0.2) is 23.1 Å². The predicted octanol–water partition coefficient (Wildman–Crippen LogP) is 1.48. The lowest BCUT2D eigenvalue weighted by atomic mass is 9.93. The van der Waals surface area contributed by atoms with Crippen LogP contribution in [0, 0.1) is 10.1 Å². The first-order valence-electron chi connectivity index (χ1n) is 8.45. The van der Waals surface area contributed by atoms with Crippen molar-refractivity contribution in [3.8, 4) is 0 Å². The summed E-state index contributed by atoms with van der Waals surface area (Å²) in [7, 11) is -3.53. The van der Waals surface area contributed by atoms with Crippen molar-refractivity contribution >= 4 is 39.5 Å². The third-order valence-corrected chi connectivity index (χ3v) is 5.71. The maximum absolute atomic E-state index is 12.4. The van der Waals surface area contributed by atoms with Crippen molar-refractivity contribution in [2.24, 2.45) is 0 Å². The molecule has 1 atom stereocenters. The number of amides is 1. The van der Waals surface area contributed by atoms with Crippen LogP contribution in [0.1, 0.15) is 26.2 Å². The zero-order valence-electron chi connectivity index (χ0n) is 15.3. The second kappa shape index (κ2) is 9.34. The minimum Gasteiger partial charge on any atom is -0.378 e. The predicted molar refractivity (Wildman–Crippen MR) is 105 cm³/mol. The first-order valence-corrected chi connectivity index (χ1v) is 10.3. The second-order valence-electron chi connectivity index (χ2n) is 6.36. The zero-order chi connectivity index (χ0) is 19.4. The van der Waals surface area contributed by atoms with Gasteiger partial charge in [-0.1, -0.05) is 6.92 Å². The van der Waals surface area contributed by atoms with E-state index in [1.165, 1.54) is 12.1 Å². The molecule has 0 aliphatic carbocycles. The number of rotatable bonds is 8. The van der Waals surface area contributed by atoms with E-state index in [4.69, 9.17) is 0 Å². The highest BCUT2D eigenvalue weighted by atomic mass is 35.5. The van der Waals surface area contributed by atoms with Crippen molar-refractivity contribution in [1.29, 1.82) is 0 Å². The Bertz CT molecular complexity index is 794. The van der Waals surface area contributed by atoms with E-state index in [9.17, 15) is 23.3 Å². The van der Waals surface area contributed by atoms with Gasteiger partial charge in [0.15, 0.2) is 9.84 Å². The van der Waals surface area contributed by atoms with Crippen molar-refractivity contribution in [1.82, 2.24) is 10.6 Å². The molecule has 1 aliphatic rings. The fourth-order valence-corrected chi connectivity index (χ4v) is 3.69. The van der Waals surface area contributed by atoms with Crippen LogP contribution < -0.4 is 16.0 Å². The molecule has 152 valence electrons. The number of hydrogen-bond donors (Lipinski definition) is 3. The first-order chi connectivity index (χ1) is 12.2. The molecule has 2 rings (SSSR count). The molecule has 11 heteroatoms. The molecule has 1 fully saturated rings. The molecule has 9 nitrogen and oxygen atoms in total. The lowest BCUT2D eigenvalue weighted by Crippen LogP contribution is -2.53. The fraction of sp³-hybridized carbons (Fsp3) is 0.562. The van der Waals surface area contributed by atoms with Gasteiger partial charge in [-0.15, -0.1) is 12.4 Å². The number of nitrogens with zero attached hydrogens (tertiary/aromatic N) is 1. The van der Waals surface area contributed by atoms with Crippen LogP contribution in [0.5, 0.6) is 0 Å². The summed E-state index contributed by atoms with van der Waals surface area (Å²) in [6, 6.07) is 3.71. The van der Waals surface area contributed by atoms with E-state index >= 15 is 0 Å². The largest absolute Gasteiger partial charge is 0.378 e. The highest BCUT2D eigenvalue weighted by Gasteiger charge is 2.38. The van der Waals surface area contributed by atoms with Crippen molar-refractivity contribution in [3.63, 3.8) is 0 Å². The third kappa shape index (κ3) is 5.53. The van der Waals surface area contributed by atoms with Gasteiger partial charge in [0.25, 0.3) is 5.69 Å². The maximum atomic E-state index is 12.4. The number of nitro groups is 1. The summed E-state index contributed by atoms with van der Waals surface area (Å²) in [5.74, 6) is -0.0683. The minimum absolute atomic E-state index is 0. The van der Waals surface area contributed by atoms with Crippen LogP contribution in [0.2, 0.25) is 0 Å². The third-order valence-electron chi connectivity index (χ3n) is 4.60. The number of sulfone groups is 1. The Balaban J connectivity index is 0.00000364. The van der Waals surface area contributed by atoms with Gasteiger partial charge in [0, 0.05) is 25.4 Å². The quantitative estimate of drug-likeness (QED) is 0.330. The molecule has 0 radical (unpaired) electrons. The highest BCUT2D eigenvalue weighted by Crippen LogP contribution is 2.27. The van der Waals surface area contributed by atoms with Crippen molar-refractivity contribution < 1.29 is 18.1 Å². The first kappa shape index (κ1) is 23.1. The number of halogens is 1. The van der Waals surface area contributed by atoms with Gasteiger partial charge in [-0.3, -0.25) is 14.9 Å². The molecule has 27 heavy (non-hydrogen) atoms. The topological polar surface area (TPSA) is 130 Å². The van der Waals surface area contributed by atoms with Crippen LogP contribution in [0.25, 0.3) is 0 Å². The van der Waals surface area contributed by atoms with E-state index in [-0.39, 0.29) is 41.1 Å². The number of nitro benzene ring substituents is 1. The SMILES string of the molecule is CCC1(C(=O)NCCNc2ccc(S(C)(=O)=O)cc2[N+](=O)[O-])CCCN1.Cl. The molecular weight excluding hydrogens is 396 g/mol. The van der Waals surface area contributed by atoms with E-state index < -0.39 is 20.3 Å². The molecule has 1 aromatic carbocycles. The molecule has 0 bridgehead atoms. The summed E-state index contributed by atoms with van der Waals surface area (Å²) in [6.45, 7) is 3.36. The highest BCUT2D eigenvalue weighted by molar-refractivity contribution is 7.90. The number of hydrogen-bond acceptors (Lipinski definition) is 7. The average Bonchev–Trinajstić information content (AvgIpc) is 3.07. The van der Waals surface area contributed by atoms with Gasteiger partial charge in [0.1, 0.15) is 5.69 Å². The normalized spacial score (nSPS) is 19.2. The van der Waals surface area contributed by atoms with Crippen LogP contribution in [-0.4, -0.2) is 50.7 Å². The van der Waals surface area contributed by atoms with E-state index in [2.05, 4.69) is 16.0 Å². The number of nitrogens with one attached hydrogen (secondary N) is 3. The van der Waals surface area contributed by atoms with Crippen molar-refractivity contribution in [2.45, 2.75) is 36.6 Å². The molecule has 1 aromatic rings. The van der Waals surface area contributed by atoms with Crippen LogP contribution in [0.4, 0.5) is 11.4 Å². The Hall–Kier alpha value is -1.91. The standard InChI is InChI=1S/C16H24N4O5S.ClH/c1-3-16(7-4-8-19-16)15(21)18-10-9-17-13-6-5-12(26(2,24)25)11-14(13)20(22)23;/h5-6,11,17,19H,3-4,7-10H2,1-2H3,(H,18,21);1H. The molecule has 1 heterocycles. The Morgan fingerprint density at radius 2 is 2.07 bits per heavy atom. The summed E-state index contributed by atoms with van der Waals surface area (Å²) in [6.07, 6.45) is 3.44. The van der Waals surface area contributed by atoms with E-state index in [1.807, 2.05) is 6.92 Å². The summed E-state index contributed by atoms with van der Waals surface area (Å²) >= 11 is 0. The van der Waals surface area contributed by atoms with Crippen LogP contribution >= 0.6 is 12.4 Å². The Morgan fingerprint density at radius 3 is 2.59 bits per heavy atom. The zero-order valence-corrected chi connectivity index (χ0v) is 16.9. The number of anilines is 1. The van der Waals surface area contributed by atoms with Gasteiger partial charge in [0.2, 0.25) is 5.91 Å². The van der Waals surface area contributed by atoms with Crippen LogP contribution in [0.3, 0.4) is 0 Å². The lowest BCUT2D eigenvalue weighted by molar-refractivity contribution is -0.384. The second-order valence-corrected chi connectivity index (χ2v) is 8.37. The molecule has 3 N–H and O–H groups in total. The molecule has 1 saturated heterocycles. The van der Waals surface area contributed by atoms with Gasteiger partial charge in [-0.25, -0.2) is 8.42 Å².